The highest BCUT2D eigenvalue weighted by atomic mass is 32.1. The van der Waals surface area contributed by atoms with Gasteiger partial charge in [-0.05, 0) is 42.5 Å². The van der Waals surface area contributed by atoms with Gasteiger partial charge in [0.2, 0.25) is 0 Å². The van der Waals surface area contributed by atoms with Gasteiger partial charge < -0.3 is 15.4 Å². The number of ether oxygens (including phenoxy) is 1. The van der Waals surface area contributed by atoms with Crippen LogP contribution in [0.4, 0.5) is 5.69 Å². The molecule has 1 aromatic heterocycles. The fourth-order valence-electron chi connectivity index (χ4n) is 2.33. The quantitative estimate of drug-likeness (QED) is 0.863. The zero-order valence-corrected chi connectivity index (χ0v) is 12.7. The van der Waals surface area contributed by atoms with Crippen molar-refractivity contribution in [1.29, 1.82) is 0 Å². The van der Waals surface area contributed by atoms with Gasteiger partial charge in [-0.15, -0.1) is 11.3 Å². The van der Waals surface area contributed by atoms with Gasteiger partial charge in [0.25, 0.3) is 5.91 Å². The Bertz CT molecular complexity index is 636. The first kappa shape index (κ1) is 13.9. The molecule has 0 radical (unpaired) electrons. The molecule has 0 saturated heterocycles. The zero-order valence-electron chi connectivity index (χ0n) is 11.9. The first-order chi connectivity index (χ1) is 10.2. The highest BCUT2D eigenvalue weighted by Crippen LogP contribution is 2.31. The Balaban J connectivity index is 1.84. The van der Waals surface area contributed by atoms with Crippen LogP contribution in [0.3, 0.4) is 0 Å². The number of amides is 1. The van der Waals surface area contributed by atoms with E-state index in [0.717, 1.165) is 12.8 Å². The minimum atomic E-state index is 0.0456. The first-order valence-electron chi connectivity index (χ1n) is 6.96. The van der Waals surface area contributed by atoms with Crippen molar-refractivity contribution in [2.24, 2.45) is 0 Å². The molecule has 0 bridgehead atoms. The van der Waals surface area contributed by atoms with Gasteiger partial charge in [-0.2, -0.15) is 0 Å². The number of thiophene rings is 1. The van der Waals surface area contributed by atoms with Crippen molar-refractivity contribution in [3.05, 3.63) is 46.2 Å². The molecule has 1 amide bonds. The predicted molar refractivity (Wildman–Crippen MR) is 84.6 cm³/mol. The van der Waals surface area contributed by atoms with E-state index in [2.05, 4.69) is 6.07 Å². The molecule has 0 unspecified atom stereocenters. The number of hydrogen-bond acceptors (Lipinski definition) is 4. The molecule has 4 nitrogen and oxygen atoms in total. The molecule has 1 heterocycles. The molecule has 0 atom stereocenters. The van der Waals surface area contributed by atoms with Crippen LogP contribution in [0.15, 0.2) is 35.7 Å². The number of carbonyl (C=O) groups is 1. The van der Waals surface area contributed by atoms with Crippen molar-refractivity contribution in [2.75, 3.05) is 12.8 Å². The number of methoxy groups -OCH3 is 1. The Hall–Kier alpha value is -2.01. The summed E-state index contributed by atoms with van der Waals surface area (Å²) in [7, 11) is 1.56. The maximum atomic E-state index is 12.8. The van der Waals surface area contributed by atoms with Crippen molar-refractivity contribution in [3.8, 4) is 5.75 Å². The maximum Gasteiger partial charge on any atom is 0.254 e. The van der Waals surface area contributed by atoms with Gasteiger partial charge in [0.05, 0.1) is 19.3 Å². The normalized spacial score (nSPS) is 14.0. The number of benzene rings is 1. The fourth-order valence-corrected chi connectivity index (χ4v) is 3.04. The Morgan fingerprint density at radius 2 is 2.24 bits per heavy atom. The standard InChI is InChI=1S/C16H18N2O2S/c1-20-15-9-11(4-7-14(15)17)16(19)18(12-5-6-12)10-13-3-2-8-21-13/h2-4,7-9,12H,5-6,10,17H2,1H3. The van der Waals surface area contributed by atoms with Gasteiger partial charge >= 0.3 is 0 Å². The lowest BCUT2D eigenvalue weighted by Crippen LogP contribution is -2.32. The van der Waals surface area contributed by atoms with Crippen LogP contribution in [-0.4, -0.2) is 24.0 Å². The number of rotatable bonds is 5. The van der Waals surface area contributed by atoms with Crippen molar-refractivity contribution in [2.45, 2.75) is 25.4 Å². The van der Waals surface area contributed by atoms with Crippen molar-refractivity contribution in [1.82, 2.24) is 4.90 Å². The molecule has 110 valence electrons. The third-order valence-corrected chi connectivity index (χ3v) is 4.50. The van der Waals surface area contributed by atoms with Gasteiger partial charge in [-0.25, -0.2) is 0 Å². The Kier molecular flexibility index (Phi) is 3.84. The summed E-state index contributed by atoms with van der Waals surface area (Å²) < 4.78 is 5.20. The topological polar surface area (TPSA) is 55.6 Å². The van der Waals surface area contributed by atoms with Crippen LogP contribution in [0.2, 0.25) is 0 Å². The van der Waals surface area contributed by atoms with Crippen molar-refractivity contribution < 1.29 is 9.53 Å². The Labute approximate surface area is 128 Å². The number of nitrogen functional groups attached to an aromatic ring is 1. The average molecular weight is 302 g/mol. The summed E-state index contributed by atoms with van der Waals surface area (Å²) >= 11 is 1.68. The van der Waals surface area contributed by atoms with Gasteiger partial charge in [-0.3, -0.25) is 4.79 Å². The van der Waals surface area contributed by atoms with Crippen LogP contribution in [0, 0.1) is 0 Å². The van der Waals surface area contributed by atoms with Gasteiger partial charge in [-0.1, -0.05) is 6.07 Å². The monoisotopic (exact) mass is 302 g/mol. The summed E-state index contributed by atoms with van der Waals surface area (Å²) in [6.07, 6.45) is 2.17. The van der Waals surface area contributed by atoms with Gasteiger partial charge in [0, 0.05) is 16.5 Å². The number of carbonyl (C=O) groups excluding carboxylic acids is 1. The van der Waals surface area contributed by atoms with Crippen LogP contribution in [0.25, 0.3) is 0 Å². The van der Waals surface area contributed by atoms with E-state index < -0.39 is 0 Å². The molecule has 1 aromatic carbocycles. The van der Waals surface area contributed by atoms with Crippen LogP contribution < -0.4 is 10.5 Å². The minimum Gasteiger partial charge on any atom is -0.495 e. The second-order valence-electron chi connectivity index (χ2n) is 5.20. The largest absolute Gasteiger partial charge is 0.495 e. The molecule has 1 aliphatic carbocycles. The second kappa shape index (κ2) is 5.77. The zero-order chi connectivity index (χ0) is 14.8. The van der Waals surface area contributed by atoms with Gasteiger partial charge in [0.15, 0.2) is 0 Å². The Morgan fingerprint density at radius 3 is 2.86 bits per heavy atom. The highest BCUT2D eigenvalue weighted by Gasteiger charge is 2.33. The van der Waals surface area contributed by atoms with E-state index in [1.54, 1.807) is 36.6 Å². The molecule has 2 N–H and O–H groups in total. The lowest BCUT2D eigenvalue weighted by atomic mass is 10.1. The van der Waals surface area contributed by atoms with E-state index >= 15 is 0 Å². The lowest BCUT2D eigenvalue weighted by molar-refractivity contribution is 0.0731. The molecule has 2 aromatic rings. The van der Waals surface area contributed by atoms with Crippen molar-refractivity contribution in [3.63, 3.8) is 0 Å². The number of nitrogens with two attached hydrogens (primary N) is 1. The van der Waals surface area contributed by atoms with Crippen LogP contribution in [-0.2, 0) is 6.54 Å². The summed E-state index contributed by atoms with van der Waals surface area (Å²) in [5.41, 5.74) is 6.99. The molecule has 1 fully saturated rings. The molecule has 1 saturated carbocycles. The lowest BCUT2D eigenvalue weighted by Gasteiger charge is -2.22. The molecule has 0 spiro atoms. The predicted octanol–water partition coefficient (Wildman–Crippen LogP) is 3.14. The summed E-state index contributed by atoms with van der Waals surface area (Å²) in [4.78, 5) is 15.9. The molecular weight excluding hydrogens is 284 g/mol. The van der Waals surface area contributed by atoms with Gasteiger partial charge in [0.1, 0.15) is 5.75 Å². The molecule has 1 aliphatic rings. The highest BCUT2D eigenvalue weighted by molar-refractivity contribution is 7.09. The fraction of sp³-hybridized carbons (Fsp3) is 0.312. The molecule has 3 rings (SSSR count). The first-order valence-corrected chi connectivity index (χ1v) is 7.84. The molecule has 21 heavy (non-hydrogen) atoms. The van der Waals surface area contributed by atoms with E-state index in [-0.39, 0.29) is 5.91 Å². The summed E-state index contributed by atoms with van der Waals surface area (Å²) in [5.74, 6) is 0.594. The maximum absolute atomic E-state index is 12.8. The minimum absolute atomic E-state index is 0.0456. The number of nitrogens with zero attached hydrogens (tertiary/aromatic N) is 1. The molecule has 0 aliphatic heterocycles. The van der Waals surface area contributed by atoms with E-state index in [9.17, 15) is 4.79 Å². The summed E-state index contributed by atoms with van der Waals surface area (Å²) in [6, 6.07) is 9.66. The molecular formula is C16H18N2O2S. The van der Waals surface area contributed by atoms with E-state index in [0.29, 0.717) is 29.6 Å². The van der Waals surface area contributed by atoms with Crippen molar-refractivity contribution >= 4 is 22.9 Å². The molecule has 5 heteroatoms. The van der Waals surface area contributed by atoms with Crippen LogP contribution in [0.5, 0.6) is 5.75 Å². The summed E-state index contributed by atoms with van der Waals surface area (Å²) in [5, 5.41) is 2.04. The third-order valence-electron chi connectivity index (χ3n) is 3.64. The summed E-state index contributed by atoms with van der Waals surface area (Å²) in [6.45, 7) is 0.674. The smallest absolute Gasteiger partial charge is 0.254 e. The van der Waals surface area contributed by atoms with E-state index in [4.69, 9.17) is 10.5 Å². The van der Waals surface area contributed by atoms with Crippen LogP contribution >= 0.6 is 11.3 Å². The van der Waals surface area contributed by atoms with Crippen LogP contribution in [0.1, 0.15) is 28.1 Å². The number of anilines is 1. The second-order valence-corrected chi connectivity index (χ2v) is 6.23. The average Bonchev–Trinajstić information content (AvgIpc) is 3.21. The van der Waals surface area contributed by atoms with E-state index in [1.807, 2.05) is 16.3 Å². The number of hydrogen-bond donors (Lipinski definition) is 1. The SMILES string of the molecule is COc1cc(C(=O)N(Cc2cccs2)C2CC2)ccc1N. The third kappa shape index (κ3) is 3.03. The Morgan fingerprint density at radius 1 is 1.43 bits per heavy atom. The van der Waals surface area contributed by atoms with E-state index in [1.165, 1.54) is 4.88 Å².